The summed E-state index contributed by atoms with van der Waals surface area (Å²) in [5.74, 6) is -1.03. The summed E-state index contributed by atoms with van der Waals surface area (Å²) < 4.78 is 5.94. The van der Waals surface area contributed by atoms with E-state index in [2.05, 4.69) is 5.32 Å². The van der Waals surface area contributed by atoms with Gasteiger partial charge in [-0.05, 0) is 48.4 Å². The Morgan fingerprint density at radius 3 is 2.45 bits per heavy atom. The molecule has 2 aliphatic rings. The Balaban J connectivity index is 2.11. The summed E-state index contributed by atoms with van der Waals surface area (Å²) in [6, 6.07) is 14.8. The minimum Gasteiger partial charge on any atom is -0.478 e. The van der Waals surface area contributed by atoms with Gasteiger partial charge in [0.25, 0.3) is 0 Å². The van der Waals surface area contributed by atoms with Crippen LogP contribution in [0.4, 0.5) is 5.69 Å². The van der Waals surface area contributed by atoms with Crippen molar-refractivity contribution in [1.82, 2.24) is 0 Å². The number of aryl methyl sites for hydroxylation is 1. The third-order valence-corrected chi connectivity index (χ3v) is 4.69. The van der Waals surface area contributed by atoms with Crippen LogP contribution in [0, 0.1) is 6.92 Å². The predicted molar refractivity (Wildman–Crippen MR) is 111 cm³/mol. The fraction of sp³-hybridized carbons (Fsp3) is 0.0870. The van der Waals surface area contributed by atoms with Crippen molar-refractivity contribution < 1.29 is 19.1 Å². The molecule has 0 fully saturated rings. The number of carboxylic acids is 1. The quantitative estimate of drug-likeness (QED) is 0.504. The smallest absolute Gasteiger partial charge is 0.336 e. The molecular formula is C23H17NO5. The van der Waals surface area contributed by atoms with Crippen LogP contribution in [0.1, 0.15) is 22.8 Å². The molecule has 6 nitrogen and oxygen atoms in total. The number of amides is 1. The molecule has 2 aromatic rings. The fourth-order valence-corrected chi connectivity index (χ4v) is 3.49. The molecule has 1 heterocycles. The number of anilines is 1. The third-order valence-electron chi connectivity index (χ3n) is 4.69. The molecule has 144 valence electrons. The summed E-state index contributed by atoms with van der Waals surface area (Å²) in [7, 11) is 0. The monoisotopic (exact) mass is 387 g/mol. The summed E-state index contributed by atoms with van der Waals surface area (Å²) in [6.45, 7) is 3.28. The molecular weight excluding hydrogens is 370 g/mol. The molecule has 0 saturated carbocycles. The SMILES string of the molecule is CC(=O)Nc1ccc(-c2c3ccc(=O)cc-3oc3cc(C)ccc23)c(C(=O)O)c1. The van der Waals surface area contributed by atoms with Crippen LogP contribution >= 0.6 is 0 Å². The Hall–Kier alpha value is -3.93. The van der Waals surface area contributed by atoms with Gasteiger partial charge < -0.3 is 14.8 Å². The van der Waals surface area contributed by atoms with E-state index < -0.39 is 5.97 Å². The van der Waals surface area contributed by atoms with E-state index in [0.29, 0.717) is 33.7 Å². The summed E-state index contributed by atoms with van der Waals surface area (Å²) in [5, 5.41) is 13.2. The molecule has 0 bridgehead atoms. The standard InChI is InChI=1S/C23H17NO5/c1-12-3-6-17-20(9-12)29-21-11-15(26)5-8-18(21)22(17)16-7-4-14(24-13(2)25)10-19(16)23(27)28/h3-11H,1-2H3,(H,24,25)(H,27,28). The Labute approximate surface area is 165 Å². The highest BCUT2D eigenvalue weighted by atomic mass is 16.4. The lowest BCUT2D eigenvalue weighted by atomic mass is 9.90. The van der Waals surface area contributed by atoms with Gasteiger partial charge in [-0.15, -0.1) is 0 Å². The first-order valence-electron chi connectivity index (χ1n) is 8.96. The maximum atomic E-state index is 12.0. The average molecular weight is 387 g/mol. The third kappa shape index (κ3) is 3.36. The molecule has 1 aliphatic carbocycles. The van der Waals surface area contributed by atoms with Gasteiger partial charge in [-0.3, -0.25) is 9.59 Å². The lowest BCUT2D eigenvalue weighted by Gasteiger charge is -2.17. The molecule has 0 saturated heterocycles. The van der Waals surface area contributed by atoms with Crippen LogP contribution in [0.5, 0.6) is 0 Å². The maximum Gasteiger partial charge on any atom is 0.336 e. The molecule has 0 unspecified atom stereocenters. The lowest BCUT2D eigenvalue weighted by Crippen LogP contribution is -2.08. The molecule has 0 atom stereocenters. The number of benzene rings is 3. The molecule has 1 amide bonds. The number of rotatable bonds is 3. The van der Waals surface area contributed by atoms with Crippen molar-refractivity contribution in [3.05, 3.63) is 75.9 Å². The first kappa shape index (κ1) is 18.4. The normalized spacial score (nSPS) is 11.0. The zero-order valence-electron chi connectivity index (χ0n) is 15.8. The Morgan fingerprint density at radius 1 is 0.966 bits per heavy atom. The number of aromatic carboxylic acids is 1. The predicted octanol–water partition coefficient (Wildman–Crippen LogP) is 4.53. The van der Waals surface area contributed by atoms with E-state index >= 15 is 0 Å². The van der Waals surface area contributed by atoms with Gasteiger partial charge in [0.1, 0.15) is 11.3 Å². The van der Waals surface area contributed by atoms with E-state index in [1.54, 1.807) is 18.2 Å². The van der Waals surface area contributed by atoms with Crippen LogP contribution in [0.25, 0.3) is 33.4 Å². The second kappa shape index (κ2) is 6.91. The Bertz CT molecular complexity index is 1320. The van der Waals surface area contributed by atoms with E-state index in [1.165, 1.54) is 25.1 Å². The number of fused-ring (bicyclic) bond motifs is 2. The van der Waals surface area contributed by atoms with E-state index in [4.69, 9.17) is 4.42 Å². The highest BCUT2D eigenvalue weighted by Crippen LogP contribution is 2.41. The highest BCUT2D eigenvalue weighted by molar-refractivity contribution is 6.08. The number of nitrogens with one attached hydrogen (secondary N) is 1. The molecule has 2 N–H and O–H groups in total. The molecule has 2 aromatic carbocycles. The van der Waals surface area contributed by atoms with Crippen LogP contribution in [-0.2, 0) is 4.79 Å². The number of hydrogen-bond acceptors (Lipinski definition) is 4. The van der Waals surface area contributed by atoms with Crippen LogP contribution in [0.3, 0.4) is 0 Å². The van der Waals surface area contributed by atoms with E-state index in [9.17, 15) is 19.5 Å². The lowest BCUT2D eigenvalue weighted by molar-refractivity contribution is -0.114. The van der Waals surface area contributed by atoms with Crippen molar-refractivity contribution in [1.29, 1.82) is 0 Å². The second-order valence-corrected chi connectivity index (χ2v) is 6.88. The number of carbonyl (C=O) groups is 2. The van der Waals surface area contributed by atoms with Crippen LogP contribution < -0.4 is 10.7 Å². The van der Waals surface area contributed by atoms with E-state index in [-0.39, 0.29) is 16.9 Å². The second-order valence-electron chi connectivity index (χ2n) is 6.88. The van der Waals surface area contributed by atoms with Gasteiger partial charge >= 0.3 is 5.97 Å². The highest BCUT2D eigenvalue weighted by Gasteiger charge is 2.22. The molecule has 0 spiro atoms. The Kier molecular flexibility index (Phi) is 4.39. The molecule has 29 heavy (non-hydrogen) atoms. The summed E-state index contributed by atoms with van der Waals surface area (Å²) in [6.07, 6.45) is 0. The zero-order valence-corrected chi connectivity index (χ0v) is 15.8. The van der Waals surface area contributed by atoms with Crippen molar-refractivity contribution >= 4 is 28.5 Å². The number of carboxylic acid groups (broad SMARTS) is 1. The molecule has 1 aliphatic heterocycles. The average Bonchev–Trinajstić information content (AvgIpc) is 2.65. The molecule has 0 aromatic heterocycles. The largest absolute Gasteiger partial charge is 0.478 e. The molecule has 6 heteroatoms. The van der Waals surface area contributed by atoms with Gasteiger partial charge in [0.2, 0.25) is 5.91 Å². The van der Waals surface area contributed by atoms with Gasteiger partial charge in [0.15, 0.2) is 5.43 Å². The fourth-order valence-electron chi connectivity index (χ4n) is 3.49. The molecule has 0 radical (unpaired) electrons. The van der Waals surface area contributed by atoms with Gasteiger partial charge in [0, 0.05) is 35.2 Å². The van der Waals surface area contributed by atoms with Gasteiger partial charge in [0.05, 0.1) is 5.56 Å². The minimum atomic E-state index is -1.12. The first-order valence-corrected chi connectivity index (χ1v) is 8.96. The first-order chi connectivity index (χ1) is 13.8. The van der Waals surface area contributed by atoms with Crippen molar-refractivity contribution in [2.45, 2.75) is 13.8 Å². The van der Waals surface area contributed by atoms with Crippen molar-refractivity contribution in [2.24, 2.45) is 0 Å². The minimum absolute atomic E-state index is 0.0387. The van der Waals surface area contributed by atoms with Crippen LogP contribution in [0.15, 0.2) is 63.8 Å². The summed E-state index contributed by atoms with van der Waals surface area (Å²) in [4.78, 5) is 35.3. The van der Waals surface area contributed by atoms with Crippen molar-refractivity contribution in [3.63, 3.8) is 0 Å². The zero-order chi connectivity index (χ0) is 20.7. The van der Waals surface area contributed by atoms with Crippen molar-refractivity contribution in [3.8, 4) is 22.5 Å². The van der Waals surface area contributed by atoms with E-state index in [0.717, 1.165) is 10.9 Å². The summed E-state index contributed by atoms with van der Waals surface area (Å²) in [5.41, 5.74) is 3.54. The topological polar surface area (TPSA) is 96.6 Å². The number of carbonyl (C=O) groups excluding carboxylic acids is 1. The van der Waals surface area contributed by atoms with Gasteiger partial charge in [-0.25, -0.2) is 4.79 Å². The van der Waals surface area contributed by atoms with Crippen LogP contribution in [0.2, 0.25) is 0 Å². The van der Waals surface area contributed by atoms with Gasteiger partial charge in [-0.2, -0.15) is 0 Å². The van der Waals surface area contributed by atoms with E-state index in [1.807, 2.05) is 25.1 Å². The molecule has 4 rings (SSSR count). The maximum absolute atomic E-state index is 12.0. The number of hydrogen-bond donors (Lipinski definition) is 2. The Morgan fingerprint density at radius 2 is 1.72 bits per heavy atom. The summed E-state index contributed by atoms with van der Waals surface area (Å²) >= 11 is 0. The van der Waals surface area contributed by atoms with Crippen LogP contribution in [-0.4, -0.2) is 17.0 Å². The van der Waals surface area contributed by atoms with Crippen molar-refractivity contribution in [2.75, 3.05) is 5.32 Å². The van der Waals surface area contributed by atoms with Gasteiger partial charge in [-0.1, -0.05) is 18.2 Å².